The van der Waals surface area contributed by atoms with E-state index in [1.54, 1.807) is 18.2 Å². The Hall–Kier alpha value is -1.13. The van der Waals surface area contributed by atoms with Crippen LogP contribution in [0.4, 0.5) is 0 Å². The Kier molecular flexibility index (Phi) is 6.42. The molecule has 0 heterocycles. The predicted molar refractivity (Wildman–Crippen MR) is 93.6 cm³/mol. The minimum Gasteiger partial charge on any atom is -0.490 e. The molecule has 7 heteroatoms. The van der Waals surface area contributed by atoms with Gasteiger partial charge in [0.15, 0.2) is 11.5 Å². The van der Waals surface area contributed by atoms with E-state index in [0.29, 0.717) is 28.2 Å². The Bertz CT molecular complexity index is 732. The van der Waals surface area contributed by atoms with Crippen molar-refractivity contribution in [3.63, 3.8) is 0 Å². The van der Waals surface area contributed by atoms with Crippen LogP contribution in [-0.2, 0) is 6.61 Å². The van der Waals surface area contributed by atoms with Crippen LogP contribution in [0.2, 0.25) is 15.1 Å². The molecule has 0 aliphatic carbocycles. The van der Waals surface area contributed by atoms with E-state index in [2.05, 4.69) is 0 Å². The Morgan fingerprint density at radius 2 is 1.78 bits per heavy atom. The number of carbonyl (C=O) groups excluding carboxylic acids is 1. The summed E-state index contributed by atoms with van der Waals surface area (Å²) in [6.07, 6.45) is 0. The first-order valence-electron chi connectivity index (χ1n) is 6.65. The lowest BCUT2D eigenvalue weighted by molar-refractivity contribution is 0.108. The molecule has 0 aliphatic rings. The molecule has 0 aliphatic heterocycles. The molecule has 0 atom stereocenters. The molecule has 0 fully saturated rings. The maximum absolute atomic E-state index is 11.3. The monoisotopic (exact) mass is 392 g/mol. The van der Waals surface area contributed by atoms with E-state index in [1.807, 2.05) is 6.92 Å². The molecule has 122 valence electrons. The first-order valence-corrected chi connectivity index (χ1v) is 8.16. The Labute approximate surface area is 154 Å². The minimum atomic E-state index is -0.625. The fraction of sp³-hybridized carbons (Fsp3) is 0.188. The average Bonchev–Trinajstić information content (AvgIpc) is 2.48. The van der Waals surface area contributed by atoms with Crippen molar-refractivity contribution in [2.24, 2.45) is 0 Å². The quantitative estimate of drug-likeness (QED) is 0.564. The number of halogens is 4. The van der Waals surface area contributed by atoms with E-state index in [9.17, 15) is 4.79 Å². The van der Waals surface area contributed by atoms with E-state index in [4.69, 9.17) is 55.9 Å². The number of carbonyl (C=O) groups is 1. The van der Waals surface area contributed by atoms with Crippen molar-refractivity contribution in [1.29, 1.82) is 0 Å². The van der Waals surface area contributed by atoms with E-state index >= 15 is 0 Å². The van der Waals surface area contributed by atoms with Gasteiger partial charge >= 0.3 is 0 Å². The summed E-state index contributed by atoms with van der Waals surface area (Å²) in [6, 6.07) is 8.02. The van der Waals surface area contributed by atoms with Crippen LogP contribution in [-0.4, -0.2) is 11.8 Å². The lowest BCUT2D eigenvalue weighted by Crippen LogP contribution is -2.02. The van der Waals surface area contributed by atoms with Crippen molar-refractivity contribution in [3.8, 4) is 11.5 Å². The van der Waals surface area contributed by atoms with Crippen LogP contribution in [0.1, 0.15) is 22.8 Å². The van der Waals surface area contributed by atoms with Crippen LogP contribution >= 0.6 is 46.4 Å². The van der Waals surface area contributed by atoms with Crippen molar-refractivity contribution >= 4 is 51.6 Å². The Balaban J connectivity index is 2.29. The SMILES string of the molecule is CCOc1cc(C(=O)Cl)cc(Cl)c1OCc1ccc(Cl)cc1Cl. The first kappa shape index (κ1) is 18.2. The van der Waals surface area contributed by atoms with Gasteiger partial charge in [0.2, 0.25) is 0 Å². The Morgan fingerprint density at radius 1 is 1.04 bits per heavy atom. The number of rotatable bonds is 6. The molecule has 0 amide bonds. The Morgan fingerprint density at radius 3 is 2.39 bits per heavy atom. The largest absolute Gasteiger partial charge is 0.490 e. The van der Waals surface area contributed by atoms with Crippen LogP contribution in [0.5, 0.6) is 11.5 Å². The highest BCUT2D eigenvalue weighted by atomic mass is 35.5. The second-order valence-corrected chi connectivity index (χ2v) is 6.11. The van der Waals surface area contributed by atoms with Gasteiger partial charge in [-0.25, -0.2) is 0 Å². The second-order valence-electron chi connectivity index (χ2n) is 4.52. The molecule has 2 rings (SSSR count). The molecule has 2 aromatic rings. The molecule has 0 radical (unpaired) electrons. The van der Waals surface area contributed by atoms with Crippen LogP contribution in [0.15, 0.2) is 30.3 Å². The fourth-order valence-electron chi connectivity index (χ4n) is 1.87. The molecule has 0 saturated carbocycles. The minimum absolute atomic E-state index is 0.171. The average molecular weight is 394 g/mol. The lowest BCUT2D eigenvalue weighted by Gasteiger charge is -2.15. The molecule has 0 N–H and O–H groups in total. The van der Waals surface area contributed by atoms with Crippen molar-refractivity contribution in [2.45, 2.75) is 13.5 Å². The van der Waals surface area contributed by atoms with Crippen molar-refractivity contribution in [3.05, 3.63) is 56.5 Å². The van der Waals surface area contributed by atoms with Gasteiger partial charge in [0.1, 0.15) is 6.61 Å². The first-order chi connectivity index (χ1) is 10.9. The van der Waals surface area contributed by atoms with E-state index in [0.717, 1.165) is 5.56 Å². The highest BCUT2D eigenvalue weighted by molar-refractivity contribution is 6.67. The van der Waals surface area contributed by atoms with E-state index in [1.165, 1.54) is 12.1 Å². The van der Waals surface area contributed by atoms with Crippen molar-refractivity contribution in [2.75, 3.05) is 6.61 Å². The molecule has 2 aromatic carbocycles. The zero-order valence-corrected chi connectivity index (χ0v) is 15.1. The summed E-state index contributed by atoms with van der Waals surface area (Å²) < 4.78 is 11.2. The third-order valence-electron chi connectivity index (χ3n) is 2.92. The summed E-state index contributed by atoms with van der Waals surface area (Å²) >= 11 is 23.6. The molecule has 0 unspecified atom stereocenters. The van der Waals surface area contributed by atoms with Crippen LogP contribution < -0.4 is 9.47 Å². The van der Waals surface area contributed by atoms with Gasteiger partial charge < -0.3 is 9.47 Å². The number of benzene rings is 2. The van der Waals surface area contributed by atoms with Gasteiger partial charge in [0, 0.05) is 21.2 Å². The molecule has 3 nitrogen and oxygen atoms in total. The fourth-order valence-corrected chi connectivity index (χ4v) is 2.71. The topological polar surface area (TPSA) is 35.5 Å². The van der Waals surface area contributed by atoms with Gasteiger partial charge in [-0.05, 0) is 42.8 Å². The molecule has 0 spiro atoms. The van der Waals surface area contributed by atoms with Gasteiger partial charge in [0.05, 0.1) is 11.6 Å². The summed E-state index contributed by atoms with van der Waals surface area (Å²) in [5.41, 5.74) is 0.976. The van der Waals surface area contributed by atoms with Crippen LogP contribution in [0, 0.1) is 0 Å². The van der Waals surface area contributed by atoms with Crippen molar-refractivity contribution < 1.29 is 14.3 Å². The summed E-state index contributed by atoms with van der Waals surface area (Å²) in [6.45, 7) is 2.36. The normalized spacial score (nSPS) is 10.5. The number of hydrogen-bond donors (Lipinski definition) is 0. The molecular weight excluding hydrogens is 382 g/mol. The second kappa shape index (κ2) is 8.11. The highest BCUT2D eigenvalue weighted by Gasteiger charge is 2.16. The summed E-state index contributed by atoms with van der Waals surface area (Å²) in [7, 11) is 0. The van der Waals surface area contributed by atoms with E-state index < -0.39 is 5.24 Å². The standard InChI is InChI=1S/C16H12Cl4O3/c1-2-22-14-6-10(16(20)21)5-13(19)15(14)23-8-9-3-4-11(17)7-12(9)18/h3-7H,2,8H2,1H3. The van der Waals surface area contributed by atoms with Gasteiger partial charge in [-0.3, -0.25) is 4.79 Å². The zero-order chi connectivity index (χ0) is 17.0. The molecular formula is C16H12Cl4O3. The third-order valence-corrected chi connectivity index (χ3v) is 4.01. The summed E-state index contributed by atoms with van der Waals surface area (Å²) in [5.74, 6) is 0.662. The highest BCUT2D eigenvalue weighted by Crippen LogP contribution is 2.38. The maximum atomic E-state index is 11.3. The molecule has 0 bridgehead atoms. The predicted octanol–water partition coefficient (Wildman–Crippen LogP) is 6.00. The summed E-state index contributed by atoms with van der Waals surface area (Å²) in [5, 5.41) is 0.626. The molecule has 0 aromatic heterocycles. The third kappa shape index (κ3) is 4.67. The van der Waals surface area contributed by atoms with Gasteiger partial charge in [-0.1, -0.05) is 40.9 Å². The van der Waals surface area contributed by atoms with Gasteiger partial charge in [-0.2, -0.15) is 0 Å². The smallest absolute Gasteiger partial charge is 0.252 e. The van der Waals surface area contributed by atoms with Crippen LogP contribution in [0.3, 0.4) is 0 Å². The molecule has 0 saturated heterocycles. The maximum Gasteiger partial charge on any atom is 0.252 e. The van der Waals surface area contributed by atoms with Gasteiger partial charge in [-0.15, -0.1) is 0 Å². The number of ether oxygens (including phenoxy) is 2. The van der Waals surface area contributed by atoms with Gasteiger partial charge in [0.25, 0.3) is 5.24 Å². The zero-order valence-electron chi connectivity index (χ0n) is 12.0. The van der Waals surface area contributed by atoms with Crippen LogP contribution in [0.25, 0.3) is 0 Å². The number of hydrogen-bond acceptors (Lipinski definition) is 3. The van der Waals surface area contributed by atoms with E-state index in [-0.39, 0.29) is 17.2 Å². The molecule has 23 heavy (non-hydrogen) atoms. The lowest BCUT2D eigenvalue weighted by atomic mass is 10.2. The summed E-state index contributed by atoms with van der Waals surface area (Å²) in [4.78, 5) is 11.3. The van der Waals surface area contributed by atoms with Crippen molar-refractivity contribution in [1.82, 2.24) is 0 Å².